The molecule has 0 spiro atoms. The number of nitrogens with zero attached hydrogens (tertiary/aromatic N) is 3. The van der Waals surface area contributed by atoms with Crippen molar-refractivity contribution in [3.63, 3.8) is 0 Å². The quantitative estimate of drug-likeness (QED) is 0.899. The highest BCUT2D eigenvalue weighted by molar-refractivity contribution is 5.29. The fourth-order valence-electron chi connectivity index (χ4n) is 1.71. The van der Waals surface area contributed by atoms with Crippen LogP contribution >= 0.6 is 0 Å². The molecule has 2 aromatic rings. The topological polar surface area (TPSA) is 60.2 Å². The Bertz CT molecular complexity index is 549. The second-order valence-electron chi connectivity index (χ2n) is 4.69. The Balaban J connectivity index is 2.25. The Morgan fingerprint density at radius 3 is 2.74 bits per heavy atom. The van der Waals surface area contributed by atoms with Crippen LogP contribution in [0.1, 0.15) is 37.9 Å². The van der Waals surface area contributed by atoms with E-state index < -0.39 is 0 Å². The first-order valence-corrected chi connectivity index (χ1v) is 6.44. The standard InChI is InChI=1S/C14H19N3O2/c1-4-17-8-12(7-15-17)19-14-6-11(9-18)5-13(16-14)10(2)3/h5-8,10,18H,4,9H2,1-3H3. The maximum absolute atomic E-state index is 9.28. The molecule has 5 nitrogen and oxygen atoms in total. The van der Waals surface area contributed by atoms with Crippen molar-refractivity contribution in [3.05, 3.63) is 35.8 Å². The van der Waals surface area contributed by atoms with Gasteiger partial charge >= 0.3 is 0 Å². The maximum atomic E-state index is 9.28. The highest BCUT2D eigenvalue weighted by Gasteiger charge is 2.08. The molecule has 0 saturated heterocycles. The molecule has 0 aliphatic rings. The summed E-state index contributed by atoms with van der Waals surface area (Å²) in [4.78, 5) is 4.44. The van der Waals surface area contributed by atoms with E-state index in [1.165, 1.54) is 0 Å². The van der Waals surface area contributed by atoms with Crippen LogP contribution in [-0.4, -0.2) is 19.9 Å². The molecule has 2 heterocycles. The number of aryl methyl sites for hydroxylation is 1. The van der Waals surface area contributed by atoms with E-state index in [1.807, 2.05) is 19.2 Å². The van der Waals surface area contributed by atoms with Crippen molar-refractivity contribution in [1.29, 1.82) is 0 Å². The Hall–Kier alpha value is -1.88. The molecule has 0 radical (unpaired) electrons. The minimum absolute atomic E-state index is 0.0210. The monoisotopic (exact) mass is 261 g/mol. The number of ether oxygens (including phenoxy) is 1. The van der Waals surface area contributed by atoms with E-state index in [-0.39, 0.29) is 12.5 Å². The average Bonchev–Trinajstić information content (AvgIpc) is 2.85. The van der Waals surface area contributed by atoms with Crippen molar-refractivity contribution < 1.29 is 9.84 Å². The van der Waals surface area contributed by atoms with Crippen LogP contribution in [0.3, 0.4) is 0 Å². The van der Waals surface area contributed by atoms with Gasteiger partial charge in [-0.3, -0.25) is 4.68 Å². The second kappa shape index (κ2) is 5.84. The predicted octanol–water partition coefficient (Wildman–Crippen LogP) is 2.71. The first-order chi connectivity index (χ1) is 9.12. The molecule has 0 atom stereocenters. The molecule has 0 aliphatic heterocycles. The van der Waals surface area contributed by atoms with E-state index >= 15 is 0 Å². The van der Waals surface area contributed by atoms with Crippen LogP contribution in [-0.2, 0) is 13.2 Å². The van der Waals surface area contributed by atoms with Crippen LogP contribution in [0.15, 0.2) is 24.5 Å². The largest absolute Gasteiger partial charge is 0.436 e. The molecule has 0 aliphatic carbocycles. The smallest absolute Gasteiger partial charge is 0.219 e. The van der Waals surface area contributed by atoms with Gasteiger partial charge in [-0.25, -0.2) is 4.98 Å². The Morgan fingerprint density at radius 1 is 1.37 bits per heavy atom. The van der Waals surface area contributed by atoms with Gasteiger partial charge in [0.1, 0.15) is 0 Å². The van der Waals surface area contributed by atoms with Gasteiger partial charge in [0, 0.05) is 18.3 Å². The summed E-state index contributed by atoms with van der Waals surface area (Å²) >= 11 is 0. The van der Waals surface area contributed by atoms with E-state index in [0.717, 1.165) is 17.8 Å². The first-order valence-electron chi connectivity index (χ1n) is 6.44. The molecular formula is C14H19N3O2. The molecule has 0 bridgehead atoms. The maximum Gasteiger partial charge on any atom is 0.219 e. The lowest BCUT2D eigenvalue weighted by atomic mass is 10.1. The van der Waals surface area contributed by atoms with Crippen LogP contribution in [0.25, 0.3) is 0 Å². The van der Waals surface area contributed by atoms with E-state index in [0.29, 0.717) is 11.6 Å². The summed E-state index contributed by atoms with van der Waals surface area (Å²) in [5.74, 6) is 1.43. The highest BCUT2D eigenvalue weighted by Crippen LogP contribution is 2.23. The molecular weight excluding hydrogens is 242 g/mol. The summed E-state index contributed by atoms with van der Waals surface area (Å²) in [5.41, 5.74) is 1.71. The second-order valence-corrected chi connectivity index (χ2v) is 4.69. The normalized spacial score (nSPS) is 11.0. The third-order valence-electron chi connectivity index (χ3n) is 2.81. The van der Waals surface area contributed by atoms with Crippen LogP contribution in [0.4, 0.5) is 0 Å². The molecule has 5 heteroatoms. The molecule has 2 aromatic heterocycles. The first kappa shape index (κ1) is 13.5. The highest BCUT2D eigenvalue weighted by atomic mass is 16.5. The molecule has 0 aromatic carbocycles. The summed E-state index contributed by atoms with van der Waals surface area (Å²) < 4.78 is 7.47. The van der Waals surface area contributed by atoms with Crippen molar-refractivity contribution in [1.82, 2.24) is 14.8 Å². The van der Waals surface area contributed by atoms with Crippen molar-refractivity contribution in [3.8, 4) is 11.6 Å². The van der Waals surface area contributed by atoms with Crippen molar-refractivity contribution in [2.24, 2.45) is 0 Å². The minimum atomic E-state index is -0.0210. The van der Waals surface area contributed by atoms with Crippen LogP contribution in [0.5, 0.6) is 11.6 Å². The zero-order valence-corrected chi connectivity index (χ0v) is 11.5. The summed E-state index contributed by atoms with van der Waals surface area (Å²) in [6.07, 6.45) is 3.48. The van der Waals surface area contributed by atoms with Gasteiger partial charge in [-0.15, -0.1) is 0 Å². The lowest BCUT2D eigenvalue weighted by Gasteiger charge is -2.10. The average molecular weight is 261 g/mol. The SMILES string of the molecule is CCn1cc(Oc2cc(CO)cc(C(C)C)n2)cn1. The van der Waals surface area contributed by atoms with Crippen molar-refractivity contribution in [2.75, 3.05) is 0 Å². The van der Waals surface area contributed by atoms with E-state index in [9.17, 15) is 5.11 Å². The fourth-order valence-corrected chi connectivity index (χ4v) is 1.71. The van der Waals surface area contributed by atoms with E-state index in [1.54, 1.807) is 16.9 Å². The van der Waals surface area contributed by atoms with Crippen molar-refractivity contribution in [2.45, 2.75) is 39.8 Å². The summed E-state index contributed by atoms with van der Waals surface area (Å²) in [7, 11) is 0. The molecule has 0 amide bonds. The number of hydrogen-bond acceptors (Lipinski definition) is 4. The fraction of sp³-hybridized carbons (Fsp3) is 0.429. The zero-order valence-electron chi connectivity index (χ0n) is 11.5. The molecule has 0 fully saturated rings. The number of aliphatic hydroxyl groups is 1. The number of aliphatic hydroxyl groups excluding tert-OH is 1. The van der Waals surface area contributed by atoms with Crippen LogP contribution in [0.2, 0.25) is 0 Å². The van der Waals surface area contributed by atoms with Gasteiger partial charge in [0.15, 0.2) is 5.75 Å². The Kier molecular flexibility index (Phi) is 4.16. The molecule has 0 saturated carbocycles. The third-order valence-corrected chi connectivity index (χ3v) is 2.81. The number of pyridine rings is 1. The molecule has 102 valence electrons. The number of aromatic nitrogens is 3. The summed E-state index contributed by atoms with van der Waals surface area (Å²) in [5, 5.41) is 13.4. The molecule has 19 heavy (non-hydrogen) atoms. The van der Waals surface area contributed by atoms with Gasteiger partial charge in [-0.1, -0.05) is 13.8 Å². The minimum Gasteiger partial charge on any atom is -0.436 e. The van der Waals surface area contributed by atoms with Gasteiger partial charge in [0.05, 0.1) is 19.0 Å². The van der Waals surface area contributed by atoms with Gasteiger partial charge in [-0.05, 0) is 24.5 Å². The predicted molar refractivity (Wildman–Crippen MR) is 72.2 cm³/mol. The van der Waals surface area contributed by atoms with Crippen LogP contribution in [0, 0.1) is 0 Å². The Labute approximate surface area is 112 Å². The van der Waals surface area contributed by atoms with Gasteiger partial charge in [0.2, 0.25) is 5.88 Å². The Morgan fingerprint density at radius 2 is 2.16 bits per heavy atom. The number of rotatable bonds is 5. The lowest BCUT2D eigenvalue weighted by molar-refractivity contribution is 0.280. The zero-order chi connectivity index (χ0) is 13.8. The van der Waals surface area contributed by atoms with Gasteiger partial charge in [-0.2, -0.15) is 5.10 Å². The summed E-state index contributed by atoms with van der Waals surface area (Å²) in [6.45, 7) is 6.90. The third kappa shape index (κ3) is 3.32. The van der Waals surface area contributed by atoms with E-state index in [4.69, 9.17) is 4.74 Å². The molecule has 2 rings (SSSR count). The molecule has 0 unspecified atom stereocenters. The lowest BCUT2D eigenvalue weighted by Crippen LogP contribution is -1.98. The van der Waals surface area contributed by atoms with Gasteiger partial charge in [0.25, 0.3) is 0 Å². The summed E-state index contributed by atoms with van der Waals surface area (Å²) in [6, 6.07) is 3.64. The van der Waals surface area contributed by atoms with E-state index in [2.05, 4.69) is 23.9 Å². The van der Waals surface area contributed by atoms with Crippen LogP contribution < -0.4 is 4.74 Å². The van der Waals surface area contributed by atoms with Crippen molar-refractivity contribution >= 4 is 0 Å². The van der Waals surface area contributed by atoms with Gasteiger partial charge < -0.3 is 9.84 Å². The molecule has 1 N–H and O–H groups in total. The number of hydrogen-bond donors (Lipinski definition) is 1.